The number of esters is 1. The number of ether oxygens (including phenoxy) is 2. The number of fused-ring (bicyclic) bond motifs is 2. The average Bonchev–Trinajstić information content (AvgIpc) is 3.14. The van der Waals surface area contributed by atoms with E-state index < -0.39 is 5.97 Å². The van der Waals surface area contributed by atoms with E-state index in [1.54, 1.807) is 23.8 Å². The second-order valence-corrected chi connectivity index (χ2v) is 8.96. The van der Waals surface area contributed by atoms with E-state index in [4.69, 9.17) is 36.8 Å². The van der Waals surface area contributed by atoms with Crippen LogP contribution in [0.5, 0.6) is 5.75 Å². The zero-order valence-electron chi connectivity index (χ0n) is 20.2. The predicted octanol–water partition coefficient (Wildman–Crippen LogP) is 6.73. The molecule has 2 aromatic carbocycles. The van der Waals surface area contributed by atoms with Crippen molar-refractivity contribution in [2.45, 2.75) is 51.9 Å². The molecule has 0 atom stereocenters. The SMILES string of the molecule is CCCCCCCCCOC(=O)c1c(N)n(-c2ccc(OC)c(Cl)c2)c2nc3ccccc3nc12. The van der Waals surface area contributed by atoms with Crippen molar-refractivity contribution in [3.8, 4) is 11.4 Å². The number of hydrogen-bond acceptors (Lipinski definition) is 6. The van der Waals surface area contributed by atoms with Crippen LogP contribution in [0.25, 0.3) is 27.9 Å². The summed E-state index contributed by atoms with van der Waals surface area (Å²) in [4.78, 5) is 22.7. The van der Waals surface area contributed by atoms with Crippen molar-refractivity contribution in [1.29, 1.82) is 0 Å². The highest BCUT2D eigenvalue weighted by Gasteiger charge is 2.26. The zero-order chi connectivity index (χ0) is 24.8. The average molecular weight is 495 g/mol. The maximum Gasteiger partial charge on any atom is 0.344 e. The molecule has 2 aromatic heterocycles. The number of nitrogens with two attached hydrogens (primary N) is 1. The van der Waals surface area contributed by atoms with Crippen LogP contribution in [0, 0.1) is 0 Å². The number of halogens is 1. The number of hydrogen-bond donors (Lipinski definition) is 1. The van der Waals surface area contributed by atoms with Crippen LogP contribution < -0.4 is 10.5 Å². The number of methoxy groups -OCH3 is 1. The predicted molar refractivity (Wildman–Crippen MR) is 141 cm³/mol. The Morgan fingerprint density at radius 3 is 2.37 bits per heavy atom. The summed E-state index contributed by atoms with van der Waals surface area (Å²) in [5, 5.41) is 0.420. The molecule has 0 saturated heterocycles. The Morgan fingerprint density at radius 1 is 1.00 bits per heavy atom. The van der Waals surface area contributed by atoms with Gasteiger partial charge in [0.1, 0.15) is 22.6 Å². The van der Waals surface area contributed by atoms with Crippen molar-refractivity contribution in [2.24, 2.45) is 0 Å². The van der Waals surface area contributed by atoms with Crippen molar-refractivity contribution in [1.82, 2.24) is 14.5 Å². The Hall–Kier alpha value is -3.32. The number of nitrogens with zero attached hydrogens (tertiary/aromatic N) is 3. The van der Waals surface area contributed by atoms with Gasteiger partial charge in [0, 0.05) is 0 Å². The summed E-state index contributed by atoms with van der Waals surface area (Å²) in [5.41, 5.74) is 9.63. The molecule has 35 heavy (non-hydrogen) atoms. The number of rotatable bonds is 11. The molecule has 0 bridgehead atoms. The third-order valence-corrected chi connectivity index (χ3v) is 6.37. The molecule has 0 aliphatic heterocycles. The minimum atomic E-state index is -0.499. The van der Waals surface area contributed by atoms with Gasteiger partial charge in [0.2, 0.25) is 0 Å². The lowest BCUT2D eigenvalue weighted by Gasteiger charge is -2.10. The van der Waals surface area contributed by atoms with Crippen molar-refractivity contribution < 1.29 is 14.3 Å². The molecule has 0 unspecified atom stereocenters. The molecule has 0 aliphatic rings. The molecule has 2 N–H and O–H groups in total. The van der Waals surface area contributed by atoms with Gasteiger partial charge in [-0.25, -0.2) is 14.8 Å². The fourth-order valence-electron chi connectivity index (χ4n) is 4.21. The van der Waals surface area contributed by atoms with Gasteiger partial charge in [0.15, 0.2) is 5.65 Å². The highest BCUT2D eigenvalue weighted by molar-refractivity contribution is 6.32. The minimum Gasteiger partial charge on any atom is -0.495 e. The molecule has 4 aromatic rings. The van der Waals surface area contributed by atoms with Crippen LogP contribution in [0.2, 0.25) is 5.02 Å². The van der Waals surface area contributed by atoms with Crippen LogP contribution in [0.15, 0.2) is 42.5 Å². The van der Waals surface area contributed by atoms with Gasteiger partial charge in [0.25, 0.3) is 0 Å². The quantitative estimate of drug-likeness (QED) is 0.183. The first-order valence-corrected chi connectivity index (χ1v) is 12.5. The van der Waals surface area contributed by atoms with Crippen LogP contribution >= 0.6 is 11.6 Å². The summed E-state index contributed by atoms with van der Waals surface area (Å²) in [7, 11) is 1.55. The summed E-state index contributed by atoms with van der Waals surface area (Å²) < 4.78 is 12.6. The fourth-order valence-corrected chi connectivity index (χ4v) is 4.47. The Labute approximate surface area is 210 Å². The smallest absolute Gasteiger partial charge is 0.344 e. The first kappa shape index (κ1) is 24.8. The van der Waals surface area contributed by atoms with Crippen molar-refractivity contribution in [3.63, 3.8) is 0 Å². The van der Waals surface area contributed by atoms with Gasteiger partial charge in [-0.1, -0.05) is 69.2 Å². The number of benzene rings is 2. The first-order valence-electron chi connectivity index (χ1n) is 12.1. The molecule has 2 heterocycles. The largest absolute Gasteiger partial charge is 0.495 e. The van der Waals surface area contributed by atoms with E-state index in [0.29, 0.717) is 45.3 Å². The number of unbranched alkanes of at least 4 members (excludes halogenated alkanes) is 6. The molecule has 0 saturated carbocycles. The van der Waals surface area contributed by atoms with E-state index in [2.05, 4.69) is 6.92 Å². The number of para-hydroxylation sites is 2. The van der Waals surface area contributed by atoms with Crippen LogP contribution in [-0.2, 0) is 4.74 Å². The monoisotopic (exact) mass is 494 g/mol. The molecule has 0 amide bonds. The van der Waals surface area contributed by atoms with Crippen molar-refractivity contribution in [3.05, 3.63) is 53.1 Å². The van der Waals surface area contributed by atoms with E-state index in [9.17, 15) is 4.79 Å². The molecule has 7 nitrogen and oxygen atoms in total. The molecule has 184 valence electrons. The second-order valence-electron chi connectivity index (χ2n) is 8.56. The van der Waals surface area contributed by atoms with Crippen LogP contribution in [-0.4, -0.2) is 34.2 Å². The van der Waals surface area contributed by atoms with Crippen molar-refractivity contribution >= 4 is 45.6 Å². The Morgan fingerprint density at radius 2 is 1.69 bits per heavy atom. The normalized spacial score (nSPS) is 11.3. The maximum absolute atomic E-state index is 13.2. The number of nitrogen functional groups attached to an aromatic ring is 1. The van der Waals surface area contributed by atoms with E-state index >= 15 is 0 Å². The summed E-state index contributed by atoms with van der Waals surface area (Å²) in [6.45, 7) is 2.55. The van der Waals surface area contributed by atoms with Crippen LogP contribution in [0.1, 0.15) is 62.2 Å². The fraction of sp³-hybridized carbons (Fsp3) is 0.370. The number of carbonyl (C=O) groups excluding carboxylic acids is 1. The van der Waals surface area contributed by atoms with Crippen molar-refractivity contribution in [2.75, 3.05) is 19.5 Å². The van der Waals surface area contributed by atoms with E-state index in [-0.39, 0.29) is 11.4 Å². The number of aromatic nitrogens is 3. The molecule has 0 radical (unpaired) electrons. The van der Waals surface area contributed by atoms with E-state index in [1.807, 2.05) is 30.3 Å². The van der Waals surface area contributed by atoms with Gasteiger partial charge in [0.05, 0.1) is 35.5 Å². The molecule has 0 spiro atoms. The van der Waals surface area contributed by atoms with Gasteiger partial charge in [-0.05, 0) is 36.8 Å². The van der Waals surface area contributed by atoms with Gasteiger partial charge in [-0.15, -0.1) is 0 Å². The minimum absolute atomic E-state index is 0.209. The Balaban J connectivity index is 1.65. The number of carbonyl (C=O) groups is 1. The summed E-state index contributed by atoms with van der Waals surface area (Å²) in [6.07, 6.45) is 7.97. The zero-order valence-corrected chi connectivity index (χ0v) is 21.0. The maximum atomic E-state index is 13.2. The topological polar surface area (TPSA) is 92.3 Å². The van der Waals surface area contributed by atoms with Crippen LogP contribution in [0.3, 0.4) is 0 Å². The highest BCUT2D eigenvalue weighted by atomic mass is 35.5. The number of anilines is 1. The summed E-state index contributed by atoms with van der Waals surface area (Å²) in [6, 6.07) is 12.8. The van der Waals surface area contributed by atoms with Gasteiger partial charge in [-0.3, -0.25) is 4.57 Å². The highest BCUT2D eigenvalue weighted by Crippen LogP contribution is 2.34. The van der Waals surface area contributed by atoms with Crippen LogP contribution in [0.4, 0.5) is 5.82 Å². The molecule has 0 aliphatic carbocycles. The molecular formula is C27H31ClN4O3. The van der Waals surface area contributed by atoms with E-state index in [0.717, 1.165) is 19.3 Å². The third-order valence-electron chi connectivity index (χ3n) is 6.08. The lowest BCUT2D eigenvalue weighted by Crippen LogP contribution is -2.10. The summed E-state index contributed by atoms with van der Waals surface area (Å²) >= 11 is 6.38. The molecule has 8 heteroatoms. The molecule has 0 fully saturated rings. The molecular weight excluding hydrogens is 464 g/mol. The summed E-state index contributed by atoms with van der Waals surface area (Å²) in [5.74, 6) is 0.249. The van der Waals surface area contributed by atoms with Gasteiger partial charge < -0.3 is 15.2 Å². The van der Waals surface area contributed by atoms with Gasteiger partial charge >= 0.3 is 5.97 Å². The Kier molecular flexibility index (Phi) is 8.08. The Bertz CT molecular complexity index is 1340. The van der Waals surface area contributed by atoms with E-state index in [1.165, 1.54) is 25.7 Å². The standard InChI is InChI=1S/C27H31ClN4O3/c1-3-4-5-6-7-8-11-16-35-27(33)23-24-26(31-21-13-10-9-12-20(21)30-24)32(25(23)29)18-14-15-22(34-2)19(28)17-18/h9-10,12-15,17H,3-8,11,16,29H2,1-2H3. The second kappa shape index (κ2) is 11.4. The van der Waals surface area contributed by atoms with Gasteiger partial charge in [-0.2, -0.15) is 0 Å². The molecule has 4 rings (SSSR count). The first-order chi connectivity index (χ1) is 17.0. The third kappa shape index (κ3) is 5.35. The lowest BCUT2D eigenvalue weighted by molar-refractivity contribution is 0.0501. The lowest BCUT2D eigenvalue weighted by atomic mass is 10.1.